The summed E-state index contributed by atoms with van der Waals surface area (Å²) in [7, 11) is -4.35. The Morgan fingerprint density at radius 3 is 2.41 bits per heavy atom. The van der Waals surface area contributed by atoms with E-state index in [1.54, 1.807) is 0 Å². The third kappa shape index (κ3) is 3.56. The van der Waals surface area contributed by atoms with Crippen LogP contribution in [0.4, 0.5) is 0 Å². The van der Waals surface area contributed by atoms with Crippen molar-refractivity contribution in [1.29, 1.82) is 0 Å². The van der Waals surface area contributed by atoms with Crippen LogP contribution in [-0.4, -0.2) is 77.7 Å². The van der Waals surface area contributed by atoms with Crippen LogP contribution in [0.25, 0.3) is 0 Å². The van der Waals surface area contributed by atoms with Crippen LogP contribution in [0.3, 0.4) is 0 Å². The van der Waals surface area contributed by atoms with Gasteiger partial charge in [-0.25, -0.2) is 8.37 Å². The zero-order valence-corrected chi connectivity index (χ0v) is 9.39. The molecule has 0 amide bonds. The molecule has 0 spiro atoms. The van der Waals surface area contributed by atoms with Gasteiger partial charge in [0.15, 0.2) is 0 Å². The summed E-state index contributed by atoms with van der Waals surface area (Å²) < 4.78 is 30.2. The van der Waals surface area contributed by atoms with E-state index < -0.39 is 54.1 Å². The van der Waals surface area contributed by atoms with Gasteiger partial charge >= 0.3 is 10.4 Å². The van der Waals surface area contributed by atoms with Crippen LogP contribution >= 0.6 is 0 Å². The van der Waals surface area contributed by atoms with Gasteiger partial charge in [0.05, 0.1) is 13.2 Å². The lowest BCUT2D eigenvalue weighted by atomic mass is 10.00. The van der Waals surface area contributed by atoms with Crippen LogP contribution in [0.15, 0.2) is 0 Å². The molecule has 0 saturated carbocycles. The Bertz CT molecular complexity index is 341. The normalized spacial score (nSPS) is 33.9. The Hall–Kier alpha value is -0.330. The molecule has 0 radical (unpaired) electrons. The van der Waals surface area contributed by atoms with E-state index in [2.05, 4.69) is 8.37 Å². The van der Waals surface area contributed by atoms with Gasteiger partial charge < -0.3 is 25.5 Å². The zero-order chi connectivity index (χ0) is 13.2. The van der Waals surface area contributed by atoms with Gasteiger partial charge in [-0.1, -0.05) is 0 Å². The third-order valence-corrected chi connectivity index (χ3v) is 3.14. The molecular weight excluding hydrogens is 260 g/mol. The molecular formula is C7H14O9S. The molecule has 1 fully saturated rings. The van der Waals surface area contributed by atoms with Gasteiger partial charge in [-0.05, 0) is 0 Å². The monoisotopic (exact) mass is 274 g/mol. The van der Waals surface area contributed by atoms with Crippen molar-refractivity contribution in [3.05, 3.63) is 0 Å². The Labute approximate surface area is 97.2 Å². The van der Waals surface area contributed by atoms with Crippen molar-refractivity contribution in [2.75, 3.05) is 13.2 Å². The van der Waals surface area contributed by atoms with Crippen molar-refractivity contribution in [2.45, 2.75) is 30.5 Å². The highest BCUT2D eigenvalue weighted by Gasteiger charge is 2.42. The van der Waals surface area contributed by atoms with Gasteiger partial charge in [0.1, 0.15) is 30.5 Å². The van der Waals surface area contributed by atoms with E-state index in [9.17, 15) is 23.7 Å². The lowest BCUT2D eigenvalue weighted by molar-refractivity contribution is -0.148. The molecule has 1 aliphatic heterocycles. The minimum absolute atomic E-state index is 0.633. The molecule has 1 rings (SSSR count). The van der Waals surface area contributed by atoms with E-state index in [1.807, 2.05) is 0 Å². The Kier molecular flexibility index (Phi) is 4.80. The summed E-state index contributed by atoms with van der Waals surface area (Å²) in [4.78, 5) is 0. The second-order valence-electron chi connectivity index (χ2n) is 3.55. The van der Waals surface area contributed by atoms with E-state index in [0.717, 1.165) is 0 Å². The van der Waals surface area contributed by atoms with E-state index in [4.69, 9.17) is 10.2 Å². The number of aliphatic hydroxyl groups excluding tert-OH is 5. The van der Waals surface area contributed by atoms with Crippen LogP contribution in [-0.2, 0) is 18.8 Å². The molecule has 0 aromatic rings. The molecule has 17 heavy (non-hydrogen) atoms. The van der Waals surface area contributed by atoms with Crippen molar-refractivity contribution in [2.24, 2.45) is 0 Å². The highest BCUT2D eigenvalue weighted by Crippen LogP contribution is 2.20. The van der Waals surface area contributed by atoms with Gasteiger partial charge in [0.25, 0.3) is 0 Å². The summed E-state index contributed by atoms with van der Waals surface area (Å²) in [6.45, 7) is -1.48. The molecule has 5 N–H and O–H groups in total. The predicted octanol–water partition coefficient (Wildman–Crippen LogP) is -3.92. The van der Waals surface area contributed by atoms with E-state index in [0.29, 0.717) is 0 Å². The molecule has 2 unspecified atom stereocenters. The van der Waals surface area contributed by atoms with Crippen LogP contribution in [0.2, 0.25) is 0 Å². The fourth-order valence-corrected chi connectivity index (χ4v) is 2.17. The summed E-state index contributed by atoms with van der Waals surface area (Å²) in [6, 6.07) is 0. The fraction of sp³-hybridized carbons (Fsp3) is 1.00. The largest absolute Gasteiger partial charge is 0.400 e. The van der Waals surface area contributed by atoms with Crippen molar-refractivity contribution in [1.82, 2.24) is 0 Å². The molecule has 0 bridgehead atoms. The van der Waals surface area contributed by atoms with Gasteiger partial charge in [0.2, 0.25) is 0 Å². The molecule has 0 aromatic heterocycles. The second kappa shape index (κ2) is 5.54. The predicted molar refractivity (Wildman–Crippen MR) is 50.9 cm³/mol. The first-order valence-electron chi connectivity index (χ1n) is 4.69. The molecule has 5 atom stereocenters. The van der Waals surface area contributed by atoms with Crippen molar-refractivity contribution in [3.63, 3.8) is 0 Å². The summed E-state index contributed by atoms with van der Waals surface area (Å²) in [6.07, 6.45) is -8.62. The van der Waals surface area contributed by atoms with Gasteiger partial charge in [-0.3, -0.25) is 0 Å². The van der Waals surface area contributed by atoms with Crippen LogP contribution in [0, 0.1) is 0 Å². The van der Waals surface area contributed by atoms with Gasteiger partial charge in [-0.15, -0.1) is 0 Å². The summed E-state index contributed by atoms with van der Waals surface area (Å²) in [5, 5.41) is 45.8. The van der Waals surface area contributed by atoms with Crippen molar-refractivity contribution in [3.8, 4) is 0 Å². The topological polar surface area (TPSA) is 154 Å². The maximum Gasteiger partial charge on any atom is 0.400 e. The third-order valence-electron chi connectivity index (χ3n) is 2.26. The quantitative estimate of drug-likeness (QED) is 0.346. The number of rotatable bonds is 4. The molecule has 0 aromatic carbocycles. The Balaban J connectivity index is 2.76. The molecule has 1 saturated heterocycles. The van der Waals surface area contributed by atoms with Crippen molar-refractivity contribution < 1.29 is 42.3 Å². The standard InChI is InChI=1S/C7H14O9S/c8-1-3(9)5(11)6(12)7-4(10)2-15-17(13,14)16-7/h3-12H,1-2H2/t3?,4-,5?,6+,7-/m1/s1. The first kappa shape index (κ1) is 14.7. The van der Waals surface area contributed by atoms with Gasteiger partial charge in [-0.2, -0.15) is 8.42 Å². The zero-order valence-electron chi connectivity index (χ0n) is 8.58. The van der Waals surface area contributed by atoms with Crippen LogP contribution in [0.1, 0.15) is 0 Å². The second-order valence-corrected chi connectivity index (χ2v) is 4.80. The molecule has 1 heterocycles. The lowest BCUT2D eigenvalue weighted by Crippen LogP contribution is -2.55. The summed E-state index contributed by atoms with van der Waals surface area (Å²) in [5.74, 6) is 0. The Morgan fingerprint density at radius 2 is 1.88 bits per heavy atom. The fourth-order valence-electron chi connectivity index (χ4n) is 1.29. The average Bonchev–Trinajstić information content (AvgIpc) is 2.29. The molecule has 0 aliphatic carbocycles. The number of hydrogen-bond acceptors (Lipinski definition) is 9. The van der Waals surface area contributed by atoms with Crippen LogP contribution in [0.5, 0.6) is 0 Å². The highest BCUT2D eigenvalue weighted by atomic mass is 32.3. The molecule has 9 nitrogen and oxygen atoms in total. The minimum atomic E-state index is -4.35. The van der Waals surface area contributed by atoms with Gasteiger partial charge in [0, 0.05) is 0 Å². The van der Waals surface area contributed by atoms with Crippen molar-refractivity contribution >= 4 is 10.4 Å². The van der Waals surface area contributed by atoms with E-state index >= 15 is 0 Å². The maximum atomic E-state index is 10.9. The summed E-state index contributed by atoms with van der Waals surface area (Å²) in [5.41, 5.74) is 0. The lowest BCUT2D eigenvalue weighted by Gasteiger charge is -2.33. The average molecular weight is 274 g/mol. The molecule has 1 aliphatic rings. The molecule has 10 heteroatoms. The first-order valence-corrected chi connectivity index (χ1v) is 6.02. The highest BCUT2D eigenvalue weighted by molar-refractivity contribution is 7.81. The summed E-state index contributed by atoms with van der Waals surface area (Å²) >= 11 is 0. The maximum absolute atomic E-state index is 10.9. The molecule has 102 valence electrons. The Morgan fingerprint density at radius 1 is 1.29 bits per heavy atom. The first-order chi connectivity index (χ1) is 7.78. The smallest absolute Gasteiger partial charge is 0.394 e. The SMILES string of the molecule is O=S1(=O)OC[C@@H](O)[C@H]([C@@H](O)C(O)C(O)CO)O1. The number of hydrogen-bond donors (Lipinski definition) is 5. The minimum Gasteiger partial charge on any atom is -0.394 e. The van der Waals surface area contributed by atoms with E-state index in [1.165, 1.54) is 0 Å². The van der Waals surface area contributed by atoms with E-state index in [-0.39, 0.29) is 0 Å². The van der Waals surface area contributed by atoms with Crippen LogP contribution < -0.4 is 0 Å². The number of aliphatic hydroxyl groups is 5.